The number of hydrogen-bond donors (Lipinski definition) is 1. The van der Waals surface area contributed by atoms with Crippen molar-refractivity contribution in [1.82, 2.24) is 4.98 Å². The van der Waals surface area contributed by atoms with Crippen molar-refractivity contribution in [1.29, 1.82) is 5.26 Å². The second-order valence-electron chi connectivity index (χ2n) is 4.51. The van der Waals surface area contributed by atoms with Gasteiger partial charge < -0.3 is 14.6 Å². The quantitative estimate of drug-likeness (QED) is 0.881. The average Bonchev–Trinajstić information content (AvgIpc) is 2.58. The predicted molar refractivity (Wildman–Crippen MR) is 84.0 cm³/mol. The summed E-state index contributed by atoms with van der Waals surface area (Å²) in [6.45, 7) is -0.430. The third-order valence-electron chi connectivity index (χ3n) is 2.90. The predicted octanol–water partition coefficient (Wildman–Crippen LogP) is 2.60. The van der Waals surface area contributed by atoms with Gasteiger partial charge in [-0.25, -0.2) is 4.79 Å². The van der Waals surface area contributed by atoms with Gasteiger partial charge in [0.2, 0.25) is 0 Å². The van der Waals surface area contributed by atoms with Crippen LogP contribution < -0.4 is 9.47 Å². The maximum absolute atomic E-state index is 10.5. The summed E-state index contributed by atoms with van der Waals surface area (Å²) in [5, 5.41) is 17.4. The molecule has 23 heavy (non-hydrogen) atoms. The highest BCUT2D eigenvalue weighted by Crippen LogP contribution is 2.28. The van der Waals surface area contributed by atoms with Crippen LogP contribution in [-0.4, -0.2) is 29.8 Å². The fraction of sp³-hybridized carbons (Fsp3) is 0.118. The molecule has 0 unspecified atom stereocenters. The Morgan fingerprint density at radius 2 is 2.13 bits per heavy atom. The van der Waals surface area contributed by atoms with Gasteiger partial charge in [-0.05, 0) is 35.9 Å². The number of benzene rings is 1. The maximum atomic E-state index is 10.5. The molecule has 1 aromatic carbocycles. The zero-order valence-electron chi connectivity index (χ0n) is 12.4. The van der Waals surface area contributed by atoms with E-state index >= 15 is 0 Å². The Bertz CT molecular complexity index is 761. The van der Waals surface area contributed by atoms with E-state index in [0.717, 1.165) is 5.56 Å². The van der Waals surface area contributed by atoms with Crippen LogP contribution in [0.4, 0.5) is 0 Å². The summed E-state index contributed by atoms with van der Waals surface area (Å²) in [7, 11) is 1.48. The molecule has 0 aliphatic heterocycles. The summed E-state index contributed by atoms with van der Waals surface area (Å²) >= 11 is 0. The van der Waals surface area contributed by atoms with Gasteiger partial charge in [-0.2, -0.15) is 5.26 Å². The van der Waals surface area contributed by atoms with Gasteiger partial charge in [0, 0.05) is 6.20 Å². The van der Waals surface area contributed by atoms with E-state index in [1.165, 1.54) is 13.3 Å². The van der Waals surface area contributed by atoms with Gasteiger partial charge in [0.1, 0.15) is 6.07 Å². The number of nitrogens with zero attached hydrogens (tertiary/aromatic N) is 2. The first kappa shape index (κ1) is 16.0. The van der Waals surface area contributed by atoms with Gasteiger partial charge >= 0.3 is 5.97 Å². The molecule has 0 bridgehead atoms. The van der Waals surface area contributed by atoms with Crippen molar-refractivity contribution >= 4 is 18.1 Å². The van der Waals surface area contributed by atoms with Crippen molar-refractivity contribution in [3.05, 3.63) is 53.3 Å². The van der Waals surface area contributed by atoms with Crippen molar-refractivity contribution in [2.45, 2.75) is 0 Å². The van der Waals surface area contributed by atoms with Crippen LogP contribution in [0.1, 0.15) is 16.8 Å². The third-order valence-corrected chi connectivity index (χ3v) is 2.90. The number of aromatic nitrogens is 1. The van der Waals surface area contributed by atoms with Crippen molar-refractivity contribution in [3.8, 4) is 17.6 Å². The number of hydrogen-bond acceptors (Lipinski definition) is 5. The minimum atomic E-state index is -1.05. The molecule has 1 heterocycles. The van der Waals surface area contributed by atoms with Gasteiger partial charge in [0.15, 0.2) is 18.1 Å². The van der Waals surface area contributed by atoms with Gasteiger partial charge in [0.05, 0.1) is 18.4 Å². The number of methoxy groups -OCH3 is 1. The largest absolute Gasteiger partial charge is 0.493 e. The third kappa shape index (κ3) is 4.58. The molecule has 0 radical (unpaired) electrons. The number of carbonyl (C=O) groups is 1. The van der Waals surface area contributed by atoms with E-state index in [2.05, 4.69) is 4.98 Å². The first-order chi connectivity index (χ1) is 11.1. The van der Waals surface area contributed by atoms with Crippen LogP contribution in [0.5, 0.6) is 11.5 Å². The van der Waals surface area contributed by atoms with E-state index in [9.17, 15) is 4.79 Å². The van der Waals surface area contributed by atoms with Crippen LogP contribution in [0, 0.1) is 11.3 Å². The Labute approximate surface area is 133 Å². The van der Waals surface area contributed by atoms with E-state index in [4.69, 9.17) is 19.8 Å². The highest BCUT2D eigenvalue weighted by atomic mass is 16.5. The number of ether oxygens (including phenoxy) is 2. The van der Waals surface area contributed by atoms with Crippen LogP contribution in [0.2, 0.25) is 0 Å². The van der Waals surface area contributed by atoms with E-state index in [1.54, 1.807) is 36.4 Å². The van der Waals surface area contributed by atoms with Gasteiger partial charge in [-0.1, -0.05) is 12.1 Å². The van der Waals surface area contributed by atoms with Gasteiger partial charge in [0.25, 0.3) is 0 Å². The van der Waals surface area contributed by atoms with Crippen LogP contribution in [-0.2, 0) is 4.79 Å². The summed E-state index contributed by atoms with van der Waals surface area (Å²) in [6, 6.07) is 10.6. The number of carboxylic acid groups (broad SMARTS) is 1. The second kappa shape index (κ2) is 7.61. The molecule has 6 nitrogen and oxygen atoms in total. The molecule has 0 amide bonds. The lowest BCUT2D eigenvalue weighted by molar-refractivity contribution is -0.139. The lowest BCUT2D eigenvalue weighted by atomic mass is 10.1. The summed E-state index contributed by atoms with van der Waals surface area (Å²) in [5.74, 6) is -0.243. The normalized spacial score (nSPS) is 10.3. The summed E-state index contributed by atoms with van der Waals surface area (Å²) < 4.78 is 10.3. The molecule has 1 aromatic heterocycles. The molecule has 0 aliphatic carbocycles. The van der Waals surface area contributed by atoms with Crippen LogP contribution in [0.25, 0.3) is 12.2 Å². The van der Waals surface area contributed by atoms with Crippen LogP contribution >= 0.6 is 0 Å². The van der Waals surface area contributed by atoms with Crippen LogP contribution in [0.3, 0.4) is 0 Å². The summed E-state index contributed by atoms with van der Waals surface area (Å²) in [5.41, 5.74) is 2.06. The molecule has 0 saturated carbocycles. The number of rotatable bonds is 6. The fourth-order valence-electron chi connectivity index (χ4n) is 1.80. The van der Waals surface area contributed by atoms with Crippen molar-refractivity contribution in [2.24, 2.45) is 0 Å². The highest BCUT2D eigenvalue weighted by Gasteiger charge is 2.06. The lowest BCUT2D eigenvalue weighted by Gasteiger charge is -2.09. The molecule has 1 N–H and O–H groups in total. The smallest absolute Gasteiger partial charge is 0.341 e. The standard InChI is InChI=1S/C17H14N2O4/c1-22-16-8-12(4-7-15(16)23-11-17(20)21)2-5-14-6-3-13(9-18)10-19-14/h2-8,10H,11H2,1H3,(H,20,21). The highest BCUT2D eigenvalue weighted by molar-refractivity contribution is 5.70. The number of carboxylic acids is 1. The van der Waals surface area contributed by atoms with Crippen molar-refractivity contribution in [3.63, 3.8) is 0 Å². The molecule has 2 rings (SSSR count). The lowest BCUT2D eigenvalue weighted by Crippen LogP contribution is -2.10. The molecular formula is C17H14N2O4. The zero-order chi connectivity index (χ0) is 16.7. The number of nitriles is 1. The molecule has 0 saturated heterocycles. The number of pyridine rings is 1. The number of aliphatic carboxylic acids is 1. The van der Waals surface area contributed by atoms with Gasteiger partial charge in [-0.15, -0.1) is 0 Å². The Balaban J connectivity index is 2.14. The van der Waals surface area contributed by atoms with E-state index in [0.29, 0.717) is 22.8 Å². The van der Waals surface area contributed by atoms with Crippen molar-refractivity contribution < 1.29 is 19.4 Å². The van der Waals surface area contributed by atoms with E-state index < -0.39 is 12.6 Å². The first-order valence-corrected chi connectivity index (χ1v) is 6.69. The van der Waals surface area contributed by atoms with Crippen LogP contribution in [0.15, 0.2) is 36.5 Å². The average molecular weight is 310 g/mol. The van der Waals surface area contributed by atoms with Gasteiger partial charge in [-0.3, -0.25) is 4.98 Å². The SMILES string of the molecule is COc1cc(C=Cc2ccc(C#N)cn2)ccc1OCC(=O)O. The zero-order valence-corrected chi connectivity index (χ0v) is 12.4. The Kier molecular flexibility index (Phi) is 5.31. The summed E-state index contributed by atoms with van der Waals surface area (Å²) in [4.78, 5) is 14.7. The first-order valence-electron chi connectivity index (χ1n) is 6.69. The molecular weight excluding hydrogens is 296 g/mol. The molecule has 0 fully saturated rings. The second-order valence-corrected chi connectivity index (χ2v) is 4.51. The summed E-state index contributed by atoms with van der Waals surface area (Å²) in [6.07, 6.45) is 5.13. The maximum Gasteiger partial charge on any atom is 0.341 e. The monoisotopic (exact) mass is 310 g/mol. The van der Waals surface area contributed by atoms with E-state index in [1.807, 2.05) is 12.1 Å². The molecule has 0 atom stereocenters. The minimum Gasteiger partial charge on any atom is -0.493 e. The minimum absolute atomic E-state index is 0.364. The molecule has 0 spiro atoms. The molecule has 0 aliphatic rings. The Morgan fingerprint density at radius 1 is 1.30 bits per heavy atom. The topological polar surface area (TPSA) is 92.4 Å². The van der Waals surface area contributed by atoms with E-state index in [-0.39, 0.29) is 0 Å². The molecule has 6 heteroatoms. The molecule has 116 valence electrons. The fourth-order valence-corrected chi connectivity index (χ4v) is 1.80. The Morgan fingerprint density at radius 3 is 2.74 bits per heavy atom. The Hall–Kier alpha value is -3.33. The van der Waals surface area contributed by atoms with Crippen molar-refractivity contribution in [2.75, 3.05) is 13.7 Å². The molecule has 2 aromatic rings.